The molecule has 14 heteroatoms. The Morgan fingerprint density at radius 2 is 1.67 bits per heavy atom. The number of hydrogen-bond acceptors (Lipinski definition) is 11. The van der Waals surface area contributed by atoms with Gasteiger partial charge in [-0.2, -0.15) is 12.6 Å². The number of carbonyl (C=O) groups is 2. The van der Waals surface area contributed by atoms with Gasteiger partial charge in [-0.05, 0) is 59.7 Å². The zero-order valence-electron chi connectivity index (χ0n) is 31.7. The minimum Gasteiger partial charge on any atom is -0.507 e. The molecule has 1 aliphatic rings. The first kappa shape index (κ1) is 40.5. The fourth-order valence-corrected chi connectivity index (χ4v) is 6.02. The molecule has 1 aromatic heterocycles. The number of anilines is 5. The van der Waals surface area contributed by atoms with E-state index in [1.54, 1.807) is 48.9 Å². The predicted octanol–water partition coefficient (Wildman–Crippen LogP) is 7.62. The number of fused-ring (bicyclic) bond motifs is 1. The maximum absolute atomic E-state index is 13.3. The number of phenols is 1. The summed E-state index contributed by atoms with van der Waals surface area (Å²) in [5.74, 6) is 1.44. The van der Waals surface area contributed by atoms with E-state index >= 15 is 0 Å². The second-order valence-corrected chi connectivity index (χ2v) is 13.7. The van der Waals surface area contributed by atoms with Gasteiger partial charge in [0.25, 0.3) is 5.91 Å². The van der Waals surface area contributed by atoms with Crippen molar-refractivity contribution in [2.45, 2.75) is 26.2 Å². The molecule has 1 saturated heterocycles. The van der Waals surface area contributed by atoms with Crippen molar-refractivity contribution in [1.29, 1.82) is 0 Å². The van der Waals surface area contributed by atoms with E-state index in [0.717, 1.165) is 29.4 Å². The Morgan fingerprint density at radius 1 is 0.945 bits per heavy atom. The molecule has 6 rings (SSSR count). The number of nitrogens with one attached hydrogen (secondary N) is 4. The van der Waals surface area contributed by atoms with Crippen LogP contribution in [0.3, 0.4) is 0 Å². The normalized spacial score (nSPS) is 12.9. The number of rotatable bonds is 11. The molecule has 5 aromatic rings. The lowest BCUT2D eigenvalue weighted by atomic mass is 9.86. The molecule has 1 fully saturated rings. The number of amides is 3. The predicted molar refractivity (Wildman–Crippen MR) is 223 cm³/mol. The first-order valence-corrected chi connectivity index (χ1v) is 18.7. The van der Waals surface area contributed by atoms with Crippen molar-refractivity contribution in [2.24, 2.45) is 0 Å². The highest BCUT2D eigenvalue weighted by Gasteiger charge is 2.20. The summed E-state index contributed by atoms with van der Waals surface area (Å²) in [5, 5.41) is 24.1. The summed E-state index contributed by atoms with van der Waals surface area (Å²) >= 11 is 3.53. The van der Waals surface area contributed by atoms with E-state index in [-0.39, 0.29) is 22.6 Å². The molecular formula is C41H49N7O6S. The van der Waals surface area contributed by atoms with Crippen molar-refractivity contribution in [2.75, 3.05) is 74.4 Å². The molecule has 3 amide bonds. The second kappa shape index (κ2) is 18.6. The zero-order valence-corrected chi connectivity index (χ0v) is 32.6. The molecule has 0 unspecified atom stereocenters. The highest BCUT2D eigenvalue weighted by molar-refractivity contribution is 7.79. The van der Waals surface area contributed by atoms with Crippen LogP contribution in [0.4, 0.5) is 33.4 Å². The molecule has 0 spiro atoms. The lowest BCUT2D eigenvalue weighted by Gasteiger charge is -2.26. The Labute approximate surface area is 327 Å². The monoisotopic (exact) mass is 767 g/mol. The van der Waals surface area contributed by atoms with Crippen molar-refractivity contribution in [3.05, 3.63) is 96.2 Å². The number of carbonyl (C=O) groups excluding carboxylic acids is 2. The largest absolute Gasteiger partial charge is 0.507 e. The third kappa shape index (κ3) is 10.5. The van der Waals surface area contributed by atoms with Crippen LogP contribution in [0.2, 0.25) is 0 Å². The molecule has 290 valence electrons. The van der Waals surface area contributed by atoms with E-state index in [1.165, 1.54) is 13.2 Å². The van der Waals surface area contributed by atoms with Gasteiger partial charge in [-0.25, -0.2) is 9.78 Å². The van der Waals surface area contributed by atoms with Gasteiger partial charge < -0.3 is 46.3 Å². The molecule has 0 bridgehead atoms. The zero-order chi connectivity index (χ0) is 39.5. The number of morpholine rings is 1. The minimum atomic E-state index is -0.457. The van der Waals surface area contributed by atoms with Crippen LogP contribution in [-0.2, 0) is 10.2 Å². The van der Waals surface area contributed by atoms with Crippen LogP contribution in [-0.4, -0.2) is 79.7 Å². The van der Waals surface area contributed by atoms with Gasteiger partial charge in [0.1, 0.15) is 23.1 Å². The van der Waals surface area contributed by atoms with E-state index in [2.05, 4.69) is 64.6 Å². The number of methoxy groups -OCH3 is 1. The number of nitrogen functional groups attached to an aromatic ring is 1. The van der Waals surface area contributed by atoms with Gasteiger partial charge in [-0.1, -0.05) is 45.0 Å². The van der Waals surface area contributed by atoms with Gasteiger partial charge in [0.05, 0.1) is 42.9 Å². The van der Waals surface area contributed by atoms with Crippen LogP contribution < -0.4 is 36.5 Å². The molecule has 7 N–H and O–H groups in total. The molecule has 0 atom stereocenters. The van der Waals surface area contributed by atoms with Gasteiger partial charge in [-0.15, -0.1) is 0 Å². The van der Waals surface area contributed by atoms with Crippen molar-refractivity contribution in [1.82, 2.24) is 15.2 Å². The quantitative estimate of drug-likeness (QED) is 0.0524. The smallest absolute Gasteiger partial charge is 0.323 e. The second-order valence-electron chi connectivity index (χ2n) is 13.7. The van der Waals surface area contributed by atoms with Gasteiger partial charge >= 0.3 is 6.03 Å². The third-order valence-electron chi connectivity index (χ3n) is 8.86. The molecule has 0 radical (unpaired) electrons. The van der Waals surface area contributed by atoms with Crippen molar-refractivity contribution >= 4 is 63.9 Å². The highest BCUT2D eigenvalue weighted by atomic mass is 32.1. The van der Waals surface area contributed by atoms with Crippen LogP contribution in [0.1, 0.15) is 36.7 Å². The molecule has 55 heavy (non-hydrogen) atoms. The molecule has 0 aliphatic carbocycles. The fraction of sp³-hybridized carbons (Fsp3) is 0.293. The number of hydrogen-bond donors (Lipinski definition) is 7. The Hall–Kier alpha value is -5.70. The first-order chi connectivity index (χ1) is 26.5. The summed E-state index contributed by atoms with van der Waals surface area (Å²) < 4.78 is 17.2. The Morgan fingerprint density at radius 3 is 2.38 bits per heavy atom. The van der Waals surface area contributed by atoms with E-state index in [9.17, 15) is 14.7 Å². The molecule has 13 nitrogen and oxygen atoms in total. The average Bonchev–Trinajstić information content (AvgIpc) is 3.17. The maximum Gasteiger partial charge on any atom is 0.323 e. The number of pyridine rings is 1. The van der Waals surface area contributed by atoms with Crippen molar-refractivity contribution < 1.29 is 28.9 Å². The Balaban J connectivity index is 0.00000285. The minimum absolute atomic E-state index is 0.151. The van der Waals surface area contributed by atoms with Crippen LogP contribution in [0.5, 0.6) is 23.0 Å². The summed E-state index contributed by atoms with van der Waals surface area (Å²) in [6.45, 7) is 10.5. The third-order valence-corrected chi connectivity index (χ3v) is 8.86. The summed E-state index contributed by atoms with van der Waals surface area (Å²) in [5.41, 5.74) is 9.24. The molecular weight excluding hydrogens is 719 g/mol. The Bertz CT molecular complexity index is 2120. The number of ether oxygens (including phenoxy) is 3. The summed E-state index contributed by atoms with van der Waals surface area (Å²) in [4.78, 5) is 32.6. The van der Waals surface area contributed by atoms with Crippen LogP contribution in [0.15, 0.2) is 85.1 Å². The van der Waals surface area contributed by atoms with Gasteiger partial charge in [0.2, 0.25) is 0 Å². The number of nitrogens with zero attached hydrogens (tertiary/aromatic N) is 2. The number of thiol groups is 1. The van der Waals surface area contributed by atoms with Gasteiger partial charge in [0.15, 0.2) is 5.75 Å². The average molecular weight is 768 g/mol. The Kier molecular flexibility index (Phi) is 13.7. The molecule has 1 aliphatic heterocycles. The first-order valence-electron chi connectivity index (χ1n) is 17.8. The lowest BCUT2D eigenvalue weighted by Crippen LogP contribution is -2.41. The molecule has 0 saturated carbocycles. The summed E-state index contributed by atoms with van der Waals surface area (Å²) in [6.07, 6.45) is 3.30. The lowest BCUT2D eigenvalue weighted by molar-refractivity contribution is 0.0383. The van der Waals surface area contributed by atoms with E-state index < -0.39 is 6.03 Å². The van der Waals surface area contributed by atoms with Gasteiger partial charge in [0, 0.05) is 61.0 Å². The van der Waals surface area contributed by atoms with Crippen LogP contribution >= 0.6 is 12.6 Å². The van der Waals surface area contributed by atoms with E-state index in [1.807, 2.05) is 36.4 Å². The number of aromatic nitrogens is 1. The van der Waals surface area contributed by atoms with E-state index in [0.29, 0.717) is 72.1 Å². The standard InChI is InChI=1S/C40H45N7O6.CH4S/c1-40(2,3)25-21-31(41)37(51-4)33(22-25)46-39(50)45-32-11-12-35(29-8-6-5-7-28(29)32)53-27-13-14-42-36(24-27)44-26-9-10-30(34(48)23-26)38(49)43-15-16-47-17-19-52-20-18-47;1-2/h5-14,21-24,48H,15-20,41H2,1-4H3,(H,42,44)(H,43,49)(H2,45,46,50);2H,1H3. The van der Waals surface area contributed by atoms with E-state index in [4.69, 9.17) is 19.9 Å². The maximum atomic E-state index is 13.3. The van der Waals surface area contributed by atoms with Crippen LogP contribution in [0, 0.1) is 0 Å². The number of nitrogens with two attached hydrogens (primary N) is 1. The fourth-order valence-electron chi connectivity index (χ4n) is 6.02. The van der Waals surface area contributed by atoms with Crippen molar-refractivity contribution in [3.8, 4) is 23.0 Å². The SMILES string of the molecule is COc1c(N)cc(C(C)(C)C)cc1NC(=O)Nc1ccc(Oc2ccnc(Nc3ccc(C(=O)NCCN4CCOCC4)c(O)c3)c2)c2ccccc12.CS. The number of benzene rings is 4. The number of phenolic OH excluding ortho intramolecular Hbond substituents is 1. The molecule has 2 heterocycles. The summed E-state index contributed by atoms with van der Waals surface area (Å²) in [7, 11) is 1.51. The van der Waals surface area contributed by atoms with Crippen molar-refractivity contribution in [3.63, 3.8) is 0 Å². The van der Waals surface area contributed by atoms with Gasteiger partial charge in [-0.3, -0.25) is 9.69 Å². The topological polar surface area (TPSA) is 172 Å². The number of aromatic hydroxyl groups is 1. The summed E-state index contributed by atoms with van der Waals surface area (Å²) in [6, 6.07) is 22.6. The highest BCUT2D eigenvalue weighted by Crippen LogP contribution is 2.38. The number of urea groups is 1. The molecule has 4 aromatic carbocycles. The van der Waals surface area contributed by atoms with Crippen LogP contribution in [0.25, 0.3) is 10.8 Å².